The Bertz CT molecular complexity index is 836. The van der Waals surface area contributed by atoms with Gasteiger partial charge in [-0.2, -0.15) is 0 Å². The molecule has 3 aromatic rings. The normalized spacial score (nSPS) is 11.8. The molecule has 2 aromatic heterocycles. The first-order valence-electron chi connectivity index (χ1n) is 5.84. The predicted octanol–water partition coefficient (Wildman–Crippen LogP) is 2.58. The fourth-order valence-electron chi connectivity index (χ4n) is 2.08. The smallest absolute Gasteiger partial charge is 0.237 e. The zero-order valence-electron chi connectivity index (χ0n) is 10.3. The van der Waals surface area contributed by atoms with E-state index in [-0.39, 0.29) is 4.90 Å². The number of hydrogen-bond acceptors (Lipinski definition) is 3. The molecule has 3 rings (SSSR count). The summed E-state index contributed by atoms with van der Waals surface area (Å²) in [6.45, 7) is 1.88. The van der Waals surface area contributed by atoms with Gasteiger partial charge in [0, 0.05) is 17.8 Å². The van der Waals surface area contributed by atoms with E-state index >= 15 is 0 Å². The summed E-state index contributed by atoms with van der Waals surface area (Å²) in [7, 11) is -3.59. The SMILES string of the molecule is Cc1cn(S(=O)(=O)c2ccccc2)c2ncccc12. The molecule has 0 atom stereocenters. The molecule has 96 valence electrons. The molecule has 0 saturated carbocycles. The van der Waals surface area contributed by atoms with E-state index in [0.29, 0.717) is 5.65 Å². The maximum Gasteiger partial charge on any atom is 0.269 e. The van der Waals surface area contributed by atoms with Crippen LogP contribution in [0.1, 0.15) is 5.56 Å². The highest BCUT2D eigenvalue weighted by molar-refractivity contribution is 7.90. The van der Waals surface area contributed by atoms with Gasteiger partial charge < -0.3 is 0 Å². The molecule has 0 bridgehead atoms. The van der Waals surface area contributed by atoms with E-state index in [2.05, 4.69) is 4.98 Å². The van der Waals surface area contributed by atoms with Gasteiger partial charge in [-0.3, -0.25) is 0 Å². The van der Waals surface area contributed by atoms with Gasteiger partial charge in [-0.15, -0.1) is 0 Å². The van der Waals surface area contributed by atoms with E-state index in [9.17, 15) is 8.42 Å². The van der Waals surface area contributed by atoms with Crippen LogP contribution in [0.5, 0.6) is 0 Å². The second kappa shape index (κ2) is 4.20. The molecule has 0 saturated heterocycles. The fourth-order valence-corrected chi connectivity index (χ4v) is 3.47. The van der Waals surface area contributed by atoms with Gasteiger partial charge in [0.2, 0.25) is 0 Å². The molecule has 2 heterocycles. The van der Waals surface area contributed by atoms with E-state index in [0.717, 1.165) is 10.9 Å². The third-order valence-electron chi connectivity index (χ3n) is 3.03. The van der Waals surface area contributed by atoms with Crippen LogP contribution in [0.4, 0.5) is 0 Å². The van der Waals surface area contributed by atoms with Crippen molar-refractivity contribution in [3.05, 3.63) is 60.4 Å². The highest BCUT2D eigenvalue weighted by Gasteiger charge is 2.20. The third-order valence-corrected chi connectivity index (χ3v) is 4.70. The van der Waals surface area contributed by atoms with Gasteiger partial charge in [0.05, 0.1) is 4.90 Å². The number of rotatable bonds is 2. The fraction of sp³-hybridized carbons (Fsp3) is 0.0714. The van der Waals surface area contributed by atoms with Crippen molar-refractivity contribution >= 4 is 21.1 Å². The van der Waals surface area contributed by atoms with Gasteiger partial charge in [-0.1, -0.05) is 18.2 Å². The van der Waals surface area contributed by atoms with Crippen LogP contribution in [0.2, 0.25) is 0 Å². The van der Waals surface area contributed by atoms with Crippen LogP contribution in [0.15, 0.2) is 59.8 Å². The van der Waals surface area contributed by atoms with Crippen molar-refractivity contribution in [3.8, 4) is 0 Å². The second-order valence-electron chi connectivity index (χ2n) is 4.30. The van der Waals surface area contributed by atoms with Gasteiger partial charge in [-0.25, -0.2) is 17.4 Å². The summed E-state index contributed by atoms with van der Waals surface area (Å²) in [5, 5.41) is 0.849. The first-order valence-corrected chi connectivity index (χ1v) is 7.28. The molecule has 0 spiro atoms. The monoisotopic (exact) mass is 272 g/mol. The summed E-state index contributed by atoms with van der Waals surface area (Å²) < 4.78 is 26.4. The average molecular weight is 272 g/mol. The minimum atomic E-state index is -3.59. The van der Waals surface area contributed by atoms with Crippen LogP contribution in [0.25, 0.3) is 11.0 Å². The van der Waals surface area contributed by atoms with Crippen LogP contribution in [0, 0.1) is 6.92 Å². The van der Waals surface area contributed by atoms with E-state index in [1.54, 1.807) is 48.8 Å². The molecular weight excluding hydrogens is 260 g/mol. The van der Waals surface area contributed by atoms with Crippen molar-refractivity contribution in [2.24, 2.45) is 0 Å². The first-order chi connectivity index (χ1) is 9.10. The lowest BCUT2D eigenvalue weighted by Gasteiger charge is -2.06. The van der Waals surface area contributed by atoms with Crippen LogP contribution >= 0.6 is 0 Å². The molecule has 0 fully saturated rings. The summed E-state index contributed by atoms with van der Waals surface area (Å²) in [4.78, 5) is 4.44. The molecule has 0 amide bonds. The Morgan fingerprint density at radius 2 is 1.79 bits per heavy atom. The van der Waals surface area contributed by atoms with E-state index in [4.69, 9.17) is 0 Å². The molecule has 19 heavy (non-hydrogen) atoms. The lowest BCUT2D eigenvalue weighted by atomic mass is 10.2. The summed E-state index contributed by atoms with van der Waals surface area (Å²) in [5.41, 5.74) is 1.35. The van der Waals surface area contributed by atoms with E-state index < -0.39 is 10.0 Å². The minimum absolute atomic E-state index is 0.262. The largest absolute Gasteiger partial charge is 0.269 e. The first kappa shape index (κ1) is 11.9. The van der Waals surface area contributed by atoms with Crippen molar-refractivity contribution in [2.75, 3.05) is 0 Å². The van der Waals surface area contributed by atoms with Gasteiger partial charge in [0.15, 0.2) is 5.65 Å². The summed E-state index contributed by atoms with van der Waals surface area (Å²) in [6, 6.07) is 12.0. The lowest BCUT2D eigenvalue weighted by molar-refractivity contribution is 0.588. The average Bonchev–Trinajstić information content (AvgIpc) is 2.79. The van der Waals surface area contributed by atoms with Crippen LogP contribution in [-0.2, 0) is 10.0 Å². The molecule has 0 aliphatic rings. The van der Waals surface area contributed by atoms with Gasteiger partial charge >= 0.3 is 0 Å². The lowest BCUT2D eigenvalue weighted by Crippen LogP contribution is -2.12. The maximum atomic E-state index is 12.6. The molecule has 0 N–H and O–H groups in total. The summed E-state index contributed by atoms with van der Waals surface area (Å²) in [5.74, 6) is 0. The molecule has 0 radical (unpaired) electrons. The minimum Gasteiger partial charge on any atom is -0.237 e. The Hall–Kier alpha value is -2.14. The number of hydrogen-bond donors (Lipinski definition) is 0. The maximum absolute atomic E-state index is 12.6. The zero-order chi connectivity index (χ0) is 13.5. The van der Waals surface area contributed by atoms with Crippen molar-refractivity contribution in [3.63, 3.8) is 0 Å². The molecular formula is C14H12N2O2S. The molecule has 5 heteroatoms. The Balaban J connectivity index is 2.31. The van der Waals surface area contributed by atoms with Gasteiger partial charge in [0.1, 0.15) is 0 Å². The number of aryl methyl sites for hydroxylation is 1. The molecule has 4 nitrogen and oxygen atoms in total. The number of benzene rings is 1. The quantitative estimate of drug-likeness (QED) is 0.720. The van der Waals surface area contributed by atoms with Crippen LogP contribution in [-0.4, -0.2) is 17.4 Å². The Kier molecular flexibility index (Phi) is 2.64. The van der Waals surface area contributed by atoms with E-state index in [1.807, 2.05) is 13.0 Å². The highest BCUT2D eigenvalue weighted by atomic mass is 32.2. The molecule has 0 aliphatic carbocycles. The topological polar surface area (TPSA) is 52.0 Å². The van der Waals surface area contributed by atoms with Crippen LogP contribution in [0.3, 0.4) is 0 Å². The van der Waals surface area contributed by atoms with Crippen LogP contribution < -0.4 is 0 Å². The van der Waals surface area contributed by atoms with Gasteiger partial charge in [-0.05, 0) is 36.8 Å². The Morgan fingerprint density at radius 1 is 1.05 bits per heavy atom. The molecule has 0 aliphatic heterocycles. The van der Waals surface area contributed by atoms with Crippen molar-refractivity contribution < 1.29 is 8.42 Å². The zero-order valence-corrected chi connectivity index (χ0v) is 11.1. The summed E-state index contributed by atoms with van der Waals surface area (Å²) >= 11 is 0. The Labute approximate surface area is 111 Å². The molecule has 0 unspecified atom stereocenters. The molecule has 1 aromatic carbocycles. The number of nitrogens with zero attached hydrogens (tertiary/aromatic N) is 2. The van der Waals surface area contributed by atoms with Crippen molar-refractivity contribution in [1.82, 2.24) is 8.96 Å². The second-order valence-corrected chi connectivity index (χ2v) is 6.12. The number of fused-ring (bicyclic) bond motifs is 1. The summed E-state index contributed by atoms with van der Waals surface area (Å²) in [6.07, 6.45) is 3.21. The predicted molar refractivity (Wildman–Crippen MR) is 73.5 cm³/mol. The number of aromatic nitrogens is 2. The van der Waals surface area contributed by atoms with E-state index in [1.165, 1.54) is 3.97 Å². The van der Waals surface area contributed by atoms with Gasteiger partial charge in [0.25, 0.3) is 10.0 Å². The van der Waals surface area contributed by atoms with Crippen molar-refractivity contribution in [2.45, 2.75) is 11.8 Å². The van der Waals surface area contributed by atoms with Crippen molar-refractivity contribution in [1.29, 1.82) is 0 Å². The Morgan fingerprint density at radius 3 is 2.53 bits per heavy atom. The highest BCUT2D eigenvalue weighted by Crippen LogP contribution is 2.23. The standard InChI is InChI=1S/C14H12N2O2S/c1-11-10-16(14-13(11)8-5-9-15-14)19(17,18)12-6-3-2-4-7-12/h2-10H,1H3. The third kappa shape index (κ3) is 1.82. The number of pyridine rings is 1.